The maximum Gasteiger partial charge on any atom is -0.0320 e. The molecule has 0 radical (unpaired) electrons. The lowest BCUT2D eigenvalue weighted by atomic mass is 9.76. The molecular formula is C11H22. The molecule has 0 fully saturated rings. The van der Waals surface area contributed by atoms with Crippen molar-refractivity contribution >= 4 is 0 Å². The first kappa shape index (κ1) is 10.7. The van der Waals surface area contributed by atoms with Gasteiger partial charge in [0.15, 0.2) is 0 Å². The topological polar surface area (TPSA) is 0 Å². The maximum absolute atomic E-state index is 3.80. The standard InChI is InChI=1S/C11H22/c1-6-8-10(9-7-2)11(3,4)5/h6,10H,1,7-9H2,2-5H3. The van der Waals surface area contributed by atoms with E-state index in [1.165, 1.54) is 12.8 Å². The molecule has 0 aromatic rings. The van der Waals surface area contributed by atoms with Gasteiger partial charge in [0.25, 0.3) is 0 Å². The Labute approximate surface area is 71.7 Å². The molecule has 0 spiro atoms. The average molecular weight is 154 g/mol. The molecule has 0 aliphatic rings. The van der Waals surface area contributed by atoms with Crippen LogP contribution < -0.4 is 0 Å². The highest BCUT2D eigenvalue weighted by molar-refractivity contribution is 4.80. The van der Waals surface area contributed by atoms with Gasteiger partial charge in [-0.1, -0.05) is 40.2 Å². The highest BCUT2D eigenvalue weighted by Crippen LogP contribution is 2.32. The number of allylic oxidation sites excluding steroid dienone is 1. The van der Waals surface area contributed by atoms with Crippen LogP contribution in [0.5, 0.6) is 0 Å². The van der Waals surface area contributed by atoms with Crippen LogP contribution in [0.4, 0.5) is 0 Å². The molecule has 66 valence electrons. The molecule has 1 unspecified atom stereocenters. The fourth-order valence-corrected chi connectivity index (χ4v) is 1.45. The molecule has 0 amide bonds. The minimum absolute atomic E-state index is 0.449. The predicted octanol–water partition coefficient (Wildman–Crippen LogP) is 4.02. The third kappa shape index (κ3) is 4.23. The molecule has 1 atom stereocenters. The first-order valence-corrected chi connectivity index (χ1v) is 4.63. The monoisotopic (exact) mass is 154 g/mol. The largest absolute Gasteiger partial charge is 0.103 e. The van der Waals surface area contributed by atoms with Gasteiger partial charge in [0.2, 0.25) is 0 Å². The van der Waals surface area contributed by atoms with E-state index in [-0.39, 0.29) is 0 Å². The van der Waals surface area contributed by atoms with Gasteiger partial charge in [-0.3, -0.25) is 0 Å². The second-order valence-corrected chi connectivity index (χ2v) is 4.38. The molecule has 11 heavy (non-hydrogen) atoms. The van der Waals surface area contributed by atoms with Crippen molar-refractivity contribution in [2.75, 3.05) is 0 Å². The van der Waals surface area contributed by atoms with Crippen LogP contribution in [0.2, 0.25) is 0 Å². The Morgan fingerprint density at radius 2 is 1.91 bits per heavy atom. The van der Waals surface area contributed by atoms with Gasteiger partial charge < -0.3 is 0 Å². The van der Waals surface area contributed by atoms with Crippen molar-refractivity contribution in [1.82, 2.24) is 0 Å². The molecule has 0 saturated heterocycles. The van der Waals surface area contributed by atoms with Crippen LogP contribution in [0.3, 0.4) is 0 Å². The average Bonchev–Trinajstić information content (AvgIpc) is 1.85. The summed E-state index contributed by atoms with van der Waals surface area (Å²) < 4.78 is 0. The Bertz CT molecular complexity index is 106. The summed E-state index contributed by atoms with van der Waals surface area (Å²) in [4.78, 5) is 0. The second kappa shape index (κ2) is 4.58. The van der Waals surface area contributed by atoms with Crippen molar-refractivity contribution in [3.05, 3.63) is 12.7 Å². The Hall–Kier alpha value is -0.260. The lowest BCUT2D eigenvalue weighted by Crippen LogP contribution is -2.19. The molecule has 0 aliphatic heterocycles. The van der Waals surface area contributed by atoms with Crippen molar-refractivity contribution in [2.24, 2.45) is 11.3 Å². The fraction of sp³-hybridized carbons (Fsp3) is 0.818. The zero-order valence-electron chi connectivity index (χ0n) is 8.48. The van der Waals surface area contributed by atoms with Crippen LogP contribution in [0.15, 0.2) is 12.7 Å². The van der Waals surface area contributed by atoms with Gasteiger partial charge in [-0.2, -0.15) is 0 Å². The summed E-state index contributed by atoms with van der Waals surface area (Å²) in [5, 5.41) is 0. The van der Waals surface area contributed by atoms with E-state index in [1.54, 1.807) is 0 Å². The highest BCUT2D eigenvalue weighted by Gasteiger charge is 2.21. The third-order valence-electron chi connectivity index (χ3n) is 2.31. The molecule has 0 bridgehead atoms. The van der Waals surface area contributed by atoms with E-state index >= 15 is 0 Å². The van der Waals surface area contributed by atoms with Crippen LogP contribution in [0.25, 0.3) is 0 Å². The summed E-state index contributed by atoms with van der Waals surface area (Å²) in [5.41, 5.74) is 0.449. The van der Waals surface area contributed by atoms with Crippen molar-refractivity contribution in [2.45, 2.75) is 47.0 Å². The minimum Gasteiger partial charge on any atom is -0.103 e. The van der Waals surface area contributed by atoms with Crippen molar-refractivity contribution in [3.8, 4) is 0 Å². The van der Waals surface area contributed by atoms with Crippen molar-refractivity contribution < 1.29 is 0 Å². The van der Waals surface area contributed by atoms with E-state index in [0.29, 0.717) is 5.41 Å². The van der Waals surface area contributed by atoms with Crippen LogP contribution in [-0.4, -0.2) is 0 Å². The van der Waals surface area contributed by atoms with Crippen LogP contribution in [-0.2, 0) is 0 Å². The predicted molar refractivity (Wildman–Crippen MR) is 52.7 cm³/mol. The Morgan fingerprint density at radius 1 is 1.36 bits per heavy atom. The molecule has 0 heteroatoms. The Balaban J connectivity index is 3.97. The normalized spacial score (nSPS) is 14.5. The molecule has 0 heterocycles. The fourth-order valence-electron chi connectivity index (χ4n) is 1.45. The second-order valence-electron chi connectivity index (χ2n) is 4.38. The SMILES string of the molecule is C=CCC(CCC)C(C)(C)C. The molecule has 0 N–H and O–H groups in total. The van der Waals surface area contributed by atoms with E-state index in [1.807, 2.05) is 6.08 Å². The Kier molecular flexibility index (Phi) is 4.48. The summed E-state index contributed by atoms with van der Waals surface area (Å²) in [6, 6.07) is 0. The van der Waals surface area contributed by atoms with E-state index in [0.717, 1.165) is 12.3 Å². The van der Waals surface area contributed by atoms with Crippen molar-refractivity contribution in [3.63, 3.8) is 0 Å². The van der Waals surface area contributed by atoms with Crippen LogP contribution >= 0.6 is 0 Å². The Morgan fingerprint density at radius 3 is 2.18 bits per heavy atom. The zero-order chi connectivity index (χ0) is 8.91. The van der Waals surface area contributed by atoms with Crippen LogP contribution in [0, 0.1) is 11.3 Å². The van der Waals surface area contributed by atoms with E-state index in [9.17, 15) is 0 Å². The summed E-state index contributed by atoms with van der Waals surface area (Å²) >= 11 is 0. The van der Waals surface area contributed by atoms with Gasteiger partial charge >= 0.3 is 0 Å². The van der Waals surface area contributed by atoms with E-state index < -0.39 is 0 Å². The molecule has 0 aromatic heterocycles. The summed E-state index contributed by atoms with van der Waals surface area (Å²) in [5.74, 6) is 0.810. The quantitative estimate of drug-likeness (QED) is 0.536. The molecular weight excluding hydrogens is 132 g/mol. The van der Waals surface area contributed by atoms with Gasteiger partial charge in [-0.25, -0.2) is 0 Å². The third-order valence-corrected chi connectivity index (χ3v) is 2.31. The molecule has 0 nitrogen and oxygen atoms in total. The van der Waals surface area contributed by atoms with Gasteiger partial charge in [-0.05, 0) is 24.2 Å². The van der Waals surface area contributed by atoms with Crippen molar-refractivity contribution in [1.29, 1.82) is 0 Å². The van der Waals surface area contributed by atoms with E-state index in [4.69, 9.17) is 0 Å². The number of hydrogen-bond acceptors (Lipinski definition) is 0. The van der Waals surface area contributed by atoms with Gasteiger partial charge in [0, 0.05) is 0 Å². The maximum atomic E-state index is 3.80. The molecule has 0 aliphatic carbocycles. The minimum atomic E-state index is 0.449. The summed E-state index contributed by atoms with van der Waals surface area (Å²) in [7, 11) is 0. The first-order chi connectivity index (χ1) is 5.02. The molecule has 0 aromatic carbocycles. The summed E-state index contributed by atoms with van der Waals surface area (Å²) in [6.45, 7) is 13.0. The highest BCUT2D eigenvalue weighted by atomic mass is 14.3. The van der Waals surface area contributed by atoms with E-state index in [2.05, 4.69) is 34.3 Å². The van der Waals surface area contributed by atoms with Gasteiger partial charge in [0.05, 0.1) is 0 Å². The molecule has 0 saturated carbocycles. The van der Waals surface area contributed by atoms with Gasteiger partial charge in [-0.15, -0.1) is 6.58 Å². The van der Waals surface area contributed by atoms with Crippen LogP contribution in [0.1, 0.15) is 47.0 Å². The lowest BCUT2D eigenvalue weighted by Gasteiger charge is -2.29. The first-order valence-electron chi connectivity index (χ1n) is 4.63. The molecule has 0 rings (SSSR count). The zero-order valence-corrected chi connectivity index (χ0v) is 8.48. The van der Waals surface area contributed by atoms with Gasteiger partial charge in [0.1, 0.15) is 0 Å². The number of hydrogen-bond donors (Lipinski definition) is 0. The lowest BCUT2D eigenvalue weighted by molar-refractivity contribution is 0.226. The summed E-state index contributed by atoms with van der Waals surface area (Å²) in [6.07, 6.45) is 5.83. The number of rotatable bonds is 4. The smallest absolute Gasteiger partial charge is 0.0320 e.